The van der Waals surface area contributed by atoms with Crippen LogP contribution in [0.15, 0.2) is 53.4 Å². The van der Waals surface area contributed by atoms with Crippen LogP contribution in [0, 0.1) is 11.3 Å². The molecule has 2 aromatic carbocycles. The maximum absolute atomic E-state index is 12.7. The first-order valence-corrected chi connectivity index (χ1v) is 8.99. The minimum absolute atomic E-state index is 0.192. The highest BCUT2D eigenvalue weighted by molar-refractivity contribution is 7.89. The summed E-state index contributed by atoms with van der Waals surface area (Å²) in [6.45, 7) is 1.70. The average molecular weight is 343 g/mol. The van der Waals surface area contributed by atoms with Gasteiger partial charge in [0.25, 0.3) is 0 Å². The molecule has 1 saturated heterocycles. The fourth-order valence-corrected chi connectivity index (χ4v) is 4.17. The number of rotatable bonds is 3. The minimum atomic E-state index is -3.57. The maximum atomic E-state index is 12.7. The summed E-state index contributed by atoms with van der Waals surface area (Å²) in [5.74, 6) is 0.195. The quantitative estimate of drug-likeness (QED) is 0.918. The molecule has 1 aliphatic rings. The largest absolute Gasteiger partial charge is 0.506 e. The lowest BCUT2D eigenvalue weighted by atomic mass is 10.2. The molecule has 0 spiro atoms. The predicted octanol–water partition coefficient (Wildman–Crippen LogP) is 1.77. The number of nitriles is 1. The van der Waals surface area contributed by atoms with E-state index in [4.69, 9.17) is 5.26 Å². The Hall–Kier alpha value is -2.56. The molecule has 3 rings (SSSR count). The summed E-state index contributed by atoms with van der Waals surface area (Å²) in [6, 6.07) is 14.9. The third-order valence-electron chi connectivity index (χ3n) is 4.08. The van der Waals surface area contributed by atoms with Gasteiger partial charge in [-0.05, 0) is 36.4 Å². The summed E-state index contributed by atoms with van der Waals surface area (Å²) in [5, 5.41) is 18.7. The smallest absolute Gasteiger partial charge is 0.243 e. The molecule has 6 nitrogen and oxygen atoms in total. The summed E-state index contributed by atoms with van der Waals surface area (Å²) >= 11 is 0. The molecule has 1 aliphatic heterocycles. The zero-order valence-corrected chi connectivity index (χ0v) is 13.8. The molecule has 1 heterocycles. The fourth-order valence-electron chi connectivity index (χ4n) is 2.75. The number of para-hydroxylation sites is 2. The molecule has 1 fully saturated rings. The molecule has 0 bridgehead atoms. The summed E-state index contributed by atoms with van der Waals surface area (Å²) in [4.78, 5) is 2.16. The van der Waals surface area contributed by atoms with Crippen molar-refractivity contribution in [1.29, 1.82) is 5.26 Å². The monoisotopic (exact) mass is 343 g/mol. The minimum Gasteiger partial charge on any atom is -0.506 e. The second-order valence-electron chi connectivity index (χ2n) is 5.52. The number of piperazine rings is 1. The molecule has 7 heteroatoms. The first-order chi connectivity index (χ1) is 11.5. The van der Waals surface area contributed by atoms with Crippen molar-refractivity contribution in [2.45, 2.75) is 4.90 Å². The van der Waals surface area contributed by atoms with Crippen molar-refractivity contribution < 1.29 is 13.5 Å². The number of nitrogens with zero attached hydrogens (tertiary/aromatic N) is 3. The van der Waals surface area contributed by atoms with Gasteiger partial charge >= 0.3 is 0 Å². The van der Waals surface area contributed by atoms with E-state index < -0.39 is 10.0 Å². The SMILES string of the molecule is N#Cc1ccc(S(=O)(=O)N2CCN(c3ccccc3O)CC2)cc1. The van der Waals surface area contributed by atoms with Crippen molar-refractivity contribution in [1.82, 2.24) is 4.31 Å². The van der Waals surface area contributed by atoms with E-state index in [-0.39, 0.29) is 10.6 Å². The van der Waals surface area contributed by atoms with E-state index >= 15 is 0 Å². The lowest BCUT2D eigenvalue weighted by Gasteiger charge is -2.35. The number of sulfonamides is 1. The Morgan fingerprint density at radius 3 is 2.17 bits per heavy atom. The number of hydrogen-bond donors (Lipinski definition) is 1. The number of aromatic hydroxyl groups is 1. The van der Waals surface area contributed by atoms with Crippen LogP contribution in [0.3, 0.4) is 0 Å². The van der Waals surface area contributed by atoms with Gasteiger partial charge in [0.05, 0.1) is 22.2 Å². The molecule has 0 atom stereocenters. The molecule has 0 unspecified atom stereocenters. The Labute approximate surface area is 141 Å². The summed E-state index contributed by atoms with van der Waals surface area (Å²) in [6.07, 6.45) is 0. The van der Waals surface area contributed by atoms with Crippen LogP contribution in [0.1, 0.15) is 5.56 Å². The van der Waals surface area contributed by atoms with Crippen LogP contribution in [0.4, 0.5) is 5.69 Å². The number of phenols is 1. The van der Waals surface area contributed by atoms with Crippen LogP contribution in [0.2, 0.25) is 0 Å². The topological polar surface area (TPSA) is 84.6 Å². The van der Waals surface area contributed by atoms with Gasteiger partial charge in [0, 0.05) is 26.2 Å². The van der Waals surface area contributed by atoms with Crippen LogP contribution in [-0.2, 0) is 10.0 Å². The molecule has 124 valence electrons. The van der Waals surface area contributed by atoms with Gasteiger partial charge in [-0.15, -0.1) is 0 Å². The van der Waals surface area contributed by atoms with E-state index in [1.807, 2.05) is 23.1 Å². The highest BCUT2D eigenvalue weighted by atomic mass is 32.2. The van der Waals surface area contributed by atoms with Crippen LogP contribution in [0.25, 0.3) is 0 Å². The molecule has 1 N–H and O–H groups in total. The molecule has 0 radical (unpaired) electrons. The Kier molecular flexibility index (Phi) is 4.42. The Morgan fingerprint density at radius 1 is 0.958 bits per heavy atom. The van der Waals surface area contributed by atoms with E-state index in [9.17, 15) is 13.5 Å². The first-order valence-electron chi connectivity index (χ1n) is 7.55. The highest BCUT2D eigenvalue weighted by Gasteiger charge is 2.29. The molecule has 2 aromatic rings. The van der Waals surface area contributed by atoms with Gasteiger partial charge in [-0.2, -0.15) is 9.57 Å². The van der Waals surface area contributed by atoms with Crippen LogP contribution >= 0.6 is 0 Å². The van der Waals surface area contributed by atoms with Crippen LogP contribution in [-0.4, -0.2) is 44.0 Å². The third-order valence-corrected chi connectivity index (χ3v) is 6.00. The number of hydrogen-bond acceptors (Lipinski definition) is 5. The van der Waals surface area contributed by atoms with Crippen molar-refractivity contribution in [3.05, 3.63) is 54.1 Å². The Bertz CT molecular complexity index is 865. The Balaban J connectivity index is 1.74. The maximum Gasteiger partial charge on any atom is 0.243 e. The fraction of sp³-hybridized carbons (Fsp3) is 0.235. The summed E-state index contributed by atoms with van der Waals surface area (Å²) in [5.41, 5.74) is 1.14. The van der Waals surface area contributed by atoms with E-state index in [0.717, 1.165) is 0 Å². The van der Waals surface area contributed by atoms with Crippen LogP contribution in [0.5, 0.6) is 5.75 Å². The zero-order chi connectivity index (χ0) is 17.2. The van der Waals surface area contributed by atoms with Crippen molar-refractivity contribution in [2.24, 2.45) is 0 Å². The van der Waals surface area contributed by atoms with Gasteiger partial charge in [-0.25, -0.2) is 8.42 Å². The third kappa shape index (κ3) is 3.07. The highest BCUT2D eigenvalue weighted by Crippen LogP contribution is 2.28. The molecule has 0 aromatic heterocycles. The molecular formula is C17H17N3O3S. The normalized spacial score (nSPS) is 15.9. The standard InChI is InChI=1S/C17H17N3O3S/c18-13-14-5-7-15(8-6-14)24(22,23)20-11-9-19(10-12-20)16-3-1-2-4-17(16)21/h1-8,21H,9-12H2. The lowest BCUT2D eigenvalue weighted by Crippen LogP contribution is -2.48. The van der Waals surface area contributed by atoms with Gasteiger partial charge in [-0.3, -0.25) is 0 Å². The summed E-state index contributed by atoms with van der Waals surface area (Å²) < 4.78 is 26.8. The van der Waals surface area contributed by atoms with Crippen LogP contribution < -0.4 is 4.90 Å². The zero-order valence-electron chi connectivity index (χ0n) is 13.0. The van der Waals surface area contributed by atoms with Gasteiger partial charge in [0.15, 0.2) is 0 Å². The van der Waals surface area contributed by atoms with Gasteiger partial charge in [0.1, 0.15) is 5.75 Å². The molecule has 0 amide bonds. The average Bonchev–Trinajstić information content (AvgIpc) is 2.62. The Morgan fingerprint density at radius 2 is 1.58 bits per heavy atom. The van der Waals surface area contributed by atoms with Crippen molar-refractivity contribution >= 4 is 15.7 Å². The van der Waals surface area contributed by atoms with E-state index in [1.54, 1.807) is 12.1 Å². The van der Waals surface area contributed by atoms with Crippen molar-refractivity contribution in [3.8, 4) is 11.8 Å². The van der Waals surface area contributed by atoms with E-state index in [1.165, 1.54) is 28.6 Å². The molecule has 24 heavy (non-hydrogen) atoms. The number of phenolic OH excluding ortho intramolecular Hbond substituents is 1. The second kappa shape index (κ2) is 6.51. The van der Waals surface area contributed by atoms with Gasteiger partial charge < -0.3 is 10.0 Å². The van der Waals surface area contributed by atoms with E-state index in [0.29, 0.717) is 37.4 Å². The van der Waals surface area contributed by atoms with Crippen molar-refractivity contribution in [2.75, 3.05) is 31.1 Å². The first kappa shape index (κ1) is 16.3. The number of anilines is 1. The molecular weight excluding hydrogens is 326 g/mol. The summed E-state index contributed by atoms with van der Waals surface area (Å²) in [7, 11) is -3.57. The molecule has 0 saturated carbocycles. The van der Waals surface area contributed by atoms with Crippen molar-refractivity contribution in [3.63, 3.8) is 0 Å². The van der Waals surface area contributed by atoms with E-state index in [2.05, 4.69) is 0 Å². The van der Waals surface area contributed by atoms with Gasteiger partial charge in [0.2, 0.25) is 10.0 Å². The van der Waals surface area contributed by atoms with Gasteiger partial charge in [-0.1, -0.05) is 12.1 Å². The predicted molar refractivity (Wildman–Crippen MR) is 90.2 cm³/mol. The lowest BCUT2D eigenvalue weighted by molar-refractivity contribution is 0.382. The number of benzene rings is 2. The second-order valence-corrected chi connectivity index (χ2v) is 7.45. The molecule has 0 aliphatic carbocycles.